The number of nitrogens with one attached hydrogen (secondary N) is 1. The number of carbonyl (C=O) groups is 2. The van der Waals surface area contributed by atoms with Gasteiger partial charge in [0.25, 0.3) is 0 Å². The molecular weight excluding hydrogens is 236 g/mol. The van der Waals surface area contributed by atoms with Crippen molar-refractivity contribution < 1.29 is 14.3 Å². The zero-order chi connectivity index (χ0) is 13.3. The fourth-order valence-electron chi connectivity index (χ4n) is 2.21. The lowest BCUT2D eigenvalue weighted by Crippen LogP contribution is -2.36. The molecule has 1 aliphatic rings. The van der Waals surface area contributed by atoms with Crippen LogP contribution in [0.1, 0.15) is 35.2 Å². The van der Waals surface area contributed by atoms with Crippen molar-refractivity contribution >= 4 is 17.7 Å². The normalized spacial score (nSPS) is 19.4. The number of aryl methyl sites for hydroxylation is 1. The molecule has 1 aromatic heterocycles. The van der Waals surface area contributed by atoms with Crippen LogP contribution < -0.4 is 11.1 Å². The smallest absolute Gasteiger partial charge is 0.360 e. The number of imidazole rings is 1. The molecule has 0 aliphatic carbocycles. The number of nitrogens with zero attached hydrogens (tertiary/aromatic N) is 2. The second kappa shape index (κ2) is 4.67. The van der Waals surface area contributed by atoms with Crippen LogP contribution in [-0.2, 0) is 9.53 Å². The predicted molar refractivity (Wildman–Crippen MR) is 64.0 cm³/mol. The minimum absolute atomic E-state index is 0.0357. The van der Waals surface area contributed by atoms with E-state index < -0.39 is 5.97 Å². The number of hydrogen-bond donors (Lipinski definition) is 2. The summed E-state index contributed by atoms with van der Waals surface area (Å²) in [6.45, 7) is 2.28. The molecule has 1 aliphatic heterocycles. The third-order valence-corrected chi connectivity index (χ3v) is 3.11. The van der Waals surface area contributed by atoms with Gasteiger partial charge in [-0.3, -0.25) is 4.79 Å². The Morgan fingerprint density at radius 2 is 2.33 bits per heavy atom. The van der Waals surface area contributed by atoms with Crippen LogP contribution in [0.15, 0.2) is 0 Å². The Bertz CT molecular complexity index is 485. The Morgan fingerprint density at radius 3 is 2.89 bits per heavy atom. The lowest BCUT2D eigenvalue weighted by Gasteiger charge is -2.25. The van der Waals surface area contributed by atoms with Crippen LogP contribution in [0, 0.1) is 6.92 Å². The highest BCUT2D eigenvalue weighted by Gasteiger charge is 2.26. The first-order valence-electron chi connectivity index (χ1n) is 5.74. The van der Waals surface area contributed by atoms with Crippen LogP contribution in [0.2, 0.25) is 0 Å². The molecule has 2 rings (SSSR count). The zero-order valence-electron chi connectivity index (χ0n) is 10.4. The average Bonchev–Trinajstić information content (AvgIpc) is 2.65. The molecule has 1 aromatic rings. The Balaban J connectivity index is 2.31. The van der Waals surface area contributed by atoms with Gasteiger partial charge in [0.15, 0.2) is 5.69 Å². The lowest BCUT2D eigenvalue weighted by molar-refractivity contribution is -0.122. The molecule has 0 bridgehead atoms. The van der Waals surface area contributed by atoms with Crippen molar-refractivity contribution in [2.45, 2.75) is 25.8 Å². The number of aromatic nitrogens is 2. The molecule has 18 heavy (non-hydrogen) atoms. The van der Waals surface area contributed by atoms with Crippen molar-refractivity contribution in [3.8, 4) is 0 Å². The van der Waals surface area contributed by atoms with Crippen molar-refractivity contribution in [1.82, 2.24) is 14.9 Å². The number of rotatable bonds is 2. The first-order chi connectivity index (χ1) is 8.54. The number of nitrogen functional groups attached to an aromatic ring is 1. The Morgan fingerprint density at radius 1 is 1.61 bits per heavy atom. The molecule has 0 spiro atoms. The highest BCUT2D eigenvalue weighted by Crippen LogP contribution is 2.25. The van der Waals surface area contributed by atoms with Crippen LogP contribution >= 0.6 is 0 Å². The third kappa shape index (κ3) is 2.03. The van der Waals surface area contributed by atoms with Crippen LogP contribution in [0.5, 0.6) is 0 Å². The molecule has 0 aromatic carbocycles. The summed E-state index contributed by atoms with van der Waals surface area (Å²) in [7, 11) is 1.29. The predicted octanol–water partition coefficient (Wildman–Crippen LogP) is 0.0114. The fourth-order valence-corrected chi connectivity index (χ4v) is 2.21. The van der Waals surface area contributed by atoms with Crippen LogP contribution in [0.4, 0.5) is 5.82 Å². The van der Waals surface area contributed by atoms with E-state index in [0.29, 0.717) is 31.0 Å². The van der Waals surface area contributed by atoms with Crippen molar-refractivity contribution in [3.63, 3.8) is 0 Å². The summed E-state index contributed by atoms with van der Waals surface area (Å²) in [6.07, 6.45) is 1.14. The van der Waals surface area contributed by atoms with Crippen LogP contribution in [0.3, 0.4) is 0 Å². The molecule has 0 radical (unpaired) electrons. The highest BCUT2D eigenvalue weighted by atomic mass is 16.5. The van der Waals surface area contributed by atoms with Gasteiger partial charge in [0.05, 0.1) is 13.2 Å². The standard InChI is InChI=1S/C11H16N4O3/c1-6-14-9(11(17)18-2)10(12)15(6)7-3-4-8(16)13-5-7/h7H,3-5,12H2,1-2H3,(H,13,16). The van der Waals surface area contributed by atoms with E-state index in [2.05, 4.69) is 15.0 Å². The number of nitrogens with two attached hydrogens (primary N) is 1. The number of amides is 1. The monoisotopic (exact) mass is 252 g/mol. The minimum atomic E-state index is -0.547. The quantitative estimate of drug-likeness (QED) is 0.722. The maximum absolute atomic E-state index is 11.5. The number of hydrogen-bond acceptors (Lipinski definition) is 5. The highest BCUT2D eigenvalue weighted by molar-refractivity contribution is 5.92. The summed E-state index contributed by atoms with van der Waals surface area (Å²) in [5, 5.41) is 2.78. The summed E-state index contributed by atoms with van der Waals surface area (Å²) in [5.41, 5.74) is 6.06. The number of ether oxygens (including phenoxy) is 1. The van der Waals surface area contributed by atoms with Gasteiger partial charge in [-0.05, 0) is 13.3 Å². The molecule has 7 nitrogen and oxygen atoms in total. The van der Waals surface area contributed by atoms with Gasteiger partial charge in [-0.2, -0.15) is 0 Å². The molecular formula is C11H16N4O3. The number of anilines is 1. The van der Waals surface area contributed by atoms with Crippen molar-refractivity contribution in [1.29, 1.82) is 0 Å². The molecule has 98 valence electrons. The van der Waals surface area contributed by atoms with Gasteiger partial charge in [-0.25, -0.2) is 9.78 Å². The summed E-state index contributed by atoms with van der Waals surface area (Å²) in [6, 6.07) is 0.0357. The molecule has 1 saturated heterocycles. The first-order valence-corrected chi connectivity index (χ1v) is 5.74. The van der Waals surface area contributed by atoms with Crippen molar-refractivity contribution in [3.05, 3.63) is 11.5 Å². The number of methoxy groups -OCH3 is 1. The van der Waals surface area contributed by atoms with Crippen LogP contribution in [-0.4, -0.2) is 35.1 Å². The van der Waals surface area contributed by atoms with Gasteiger partial charge in [0.2, 0.25) is 5.91 Å². The van der Waals surface area contributed by atoms with Gasteiger partial charge < -0.3 is 20.4 Å². The summed E-state index contributed by atoms with van der Waals surface area (Å²) < 4.78 is 6.41. The topological polar surface area (TPSA) is 99.2 Å². The van der Waals surface area contributed by atoms with Gasteiger partial charge in [0.1, 0.15) is 11.6 Å². The van der Waals surface area contributed by atoms with Gasteiger partial charge in [-0.1, -0.05) is 0 Å². The maximum Gasteiger partial charge on any atom is 0.360 e. The number of piperidine rings is 1. The van der Waals surface area contributed by atoms with Gasteiger partial charge >= 0.3 is 5.97 Å². The summed E-state index contributed by atoms with van der Waals surface area (Å²) in [5.74, 6) is 0.430. The Kier molecular flexibility index (Phi) is 3.22. The second-order valence-corrected chi connectivity index (χ2v) is 4.25. The van der Waals surface area contributed by atoms with E-state index in [1.807, 2.05) is 0 Å². The largest absolute Gasteiger partial charge is 0.464 e. The molecule has 1 atom stereocenters. The second-order valence-electron chi connectivity index (χ2n) is 4.25. The molecule has 1 fully saturated rings. The van der Waals surface area contributed by atoms with Gasteiger partial charge in [-0.15, -0.1) is 0 Å². The average molecular weight is 252 g/mol. The first kappa shape index (κ1) is 12.4. The summed E-state index contributed by atoms with van der Waals surface area (Å²) >= 11 is 0. The Labute approximate surface area is 104 Å². The third-order valence-electron chi connectivity index (χ3n) is 3.11. The molecule has 1 amide bonds. The van der Waals surface area contributed by atoms with E-state index in [0.717, 1.165) is 0 Å². The van der Waals surface area contributed by atoms with E-state index in [-0.39, 0.29) is 17.6 Å². The van der Waals surface area contributed by atoms with E-state index >= 15 is 0 Å². The molecule has 2 heterocycles. The molecule has 1 unspecified atom stereocenters. The lowest BCUT2D eigenvalue weighted by atomic mass is 10.1. The SMILES string of the molecule is COC(=O)c1nc(C)n(C2CCC(=O)NC2)c1N. The zero-order valence-corrected chi connectivity index (χ0v) is 10.4. The maximum atomic E-state index is 11.5. The van der Waals surface area contributed by atoms with Gasteiger partial charge in [0, 0.05) is 13.0 Å². The molecule has 0 saturated carbocycles. The van der Waals surface area contributed by atoms with Crippen LogP contribution in [0.25, 0.3) is 0 Å². The van der Waals surface area contributed by atoms with E-state index in [4.69, 9.17) is 5.73 Å². The fraction of sp³-hybridized carbons (Fsp3) is 0.545. The van der Waals surface area contributed by atoms with Crippen molar-refractivity contribution in [2.75, 3.05) is 19.4 Å². The summed E-state index contributed by atoms with van der Waals surface area (Å²) in [4.78, 5) is 26.7. The minimum Gasteiger partial charge on any atom is -0.464 e. The molecule has 3 N–H and O–H groups in total. The van der Waals surface area contributed by atoms with Crippen molar-refractivity contribution in [2.24, 2.45) is 0 Å². The molecule has 7 heteroatoms. The van der Waals surface area contributed by atoms with E-state index in [9.17, 15) is 9.59 Å². The number of esters is 1. The Hall–Kier alpha value is -2.05. The number of carbonyl (C=O) groups excluding carboxylic acids is 2. The van der Waals surface area contributed by atoms with E-state index in [1.165, 1.54) is 7.11 Å². The van der Waals surface area contributed by atoms with E-state index in [1.54, 1.807) is 11.5 Å².